The first-order chi connectivity index (χ1) is 13.7. The number of benzene rings is 1. The van der Waals surface area contributed by atoms with Crippen LogP contribution in [0.5, 0.6) is 0 Å². The summed E-state index contributed by atoms with van der Waals surface area (Å²) in [4.78, 5) is 15.3. The molecule has 9 nitrogen and oxygen atoms in total. The summed E-state index contributed by atoms with van der Waals surface area (Å²) in [6.45, 7) is -0.403. The quantitative estimate of drug-likeness (QED) is 0.341. The summed E-state index contributed by atoms with van der Waals surface area (Å²) in [5, 5.41) is 17.7. The third kappa shape index (κ3) is 4.60. The zero-order valence-corrected chi connectivity index (χ0v) is 17.2. The number of carboxylic acid groups (broad SMARTS) is 1. The first kappa shape index (κ1) is 21.3. The number of hydrogen-bond acceptors (Lipinski definition) is 5. The number of nitrogens with one attached hydrogen (secondary N) is 1. The number of guanidine groups is 1. The summed E-state index contributed by atoms with van der Waals surface area (Å²) in [6, 6.07) is 4.37. The predicted octanol–water partition coefficient (Wildman–Crippen LogP) is 2.35. The third-order valence-corrected chi connectivity index (χ3v) is 7.19. The molecule has 2 aromatic rings. The van der Waals surface area contributed by atoms with Crippen LogP contribution in [-0.2, 0) is 14.8 Å². The number of nitrogens with zero attached hydrogens (tertiary/aromatic N) is 3. The fourth-order valence-corrected chi connectivity index (χ4v) is 5.25. The molecule has 1 fully saturated rings. The van der Waals surface area contributed by atoms with E-state index < -0.39 is 28.5 Å². The molecule has 1 aromatic carbocycles. The molecule has 29 heavy (non-hydrogen) atoms. The average Bonchev–Trinajstić information content (AvgIpc) is 3.18. The second kappa shape index (κ2) is 8.52. The molecular formula is C18H22ClN5O4S. The maximum absolute atomic E-state index is 13.2. The van der Waals surface area contributed by atoms with Crippen LogP contribution in [0.15, 0.2) is 35.5 Å². The summed E-state index contributed by atoms with van der Waals surface area (Å²) in [5.41, 5.74) is 5.75. The number of carboxylic acids is 1. The molecule has 0 amide bonds. The van der Waals surface area contributed by atoms with Crippen molar-refractivity contribution in [2.24, 2.45) is 11.7 Å². The third-order valence-electron chi connectivity index (χ3n) is 5.02. The Morgan fingerprint density at radius 2 is 2.00 bits per heavy atom. The summed E-state index contributed by atoms with van der Waals surface area (Å²) < 4.78 is 28.3. The average molecular weight is 440 g/mol. The summed E-state index contributed by atoms with van der Waals surface area (Å²) in [6.07, 6.45) is 6.74. The highest BCUT2D eigenvalue weighted by atomic mass is 35.5. The number of nitrogens with two attached hydrogens (primary N) is 1. The molecule has 0 unspecified atom stereocenters. The van der Waals surface area contributed by atoms with Gasteiger partial charge >= 0.3 is 5.97 Å². The van der Waals surface area contributed by atoms with Crippen molar-refractivity contribution in [3.05, 3.63) is 30.6 Å². The number of anilines is 1. The molecule has 0 spiro atoms. The van der Waals surface area contributed by atoms with Gasteiger partial charge in [0, 0.05) is 35.3 Å². The van der Waals surface area contributed by atoms with Crippen molar-refractivity contribution in [3.8, 4) is 0 Å². The lowest BCUT2D eigenvalue weighted by atomic mass is 10.1. The fourth-order valence-electron chi connectivity index (χ4n) is 3.61. The number of sulfonamides is 1. The van der Waals surface area contributed by atoms with Gasteiger partial charge in [-0.05, 0) is 30.9 Å². The lowest BCUT2D eigenvalue weighted by molar-refractivity contribution is -0.137. The number of rotatable bonds is 7. The Labute approximate surface area is 173 Å². The molecule has 0 aliphatic heterocycles. The van der Waals surface area contributed by atoms with E-state index in [0.29, 0.717) is 16.5 Å². The van der Waals surface area contributed by atoms with Gasteiger partial charge in [0.2, 0.25) is 16.0 Å². The van der Waals surface area contributed by atoms with Crippen molar-refractivity contribution < 1.29 is 18.3 Å². The molecule has 3 rings (SSSR count). The highest BCUT2D eigenvalue weighted by Crippen LogP contribution is 2.31. The molecule has 0 bridgehead atoms. The van der Waals surface area contributed by atoms with Gasteiger partial charge in [0.1, 0.15) is 6.54 Å². The molecule has 0 radical (unpaired) electrons. The number of carbonyl (C=O) groups is 1. The van der Waals surface area contributed by atoms with Crippen LogP contribution < -0.4 is 10.2 Å². The van der Waals surface area contributed by atoms with E-state index in [1.807, 2.05) is 0 Å². The lowest BCUT2D eigenvalue weighted by Crippen LogP contribution is -2.38. The molecule has 1 saturated carbocycles. The minimum absolute atomic E-state index is 0.0212. The van der Waals surface area contributed by atoms with Gasteiger partial charge in [0.05, 0.1) is 16.8 Å². The zero-order chi connectivity index (χ0) is 21.2. The Balaban J connectivity index is 1.99. The molecule has 1 heterocycles. The zero-order valence-electron chi connectivity index (χ0n) is 15.6. The van der Waals surface area contributed by atoms with Crippen molar-refractivity contribution in [2.75, 3.05) is 17.5 Å². The maximum atomic E-state index is 13.2. The van der Waals surface area contributed by atoms with E-state index in [0.717, 1.165) is 34.4 Å². The van der Waals surface area contributed by atoms with Crippen LogP contribution in [0.2, 0.25) is 0 Å². The molecule has 1 aliphatic carbocycles. The largest absolute Gasteiger partial charge is 0.480 e. The molecule has 0 saturated heterocycles. The van der Waals surface area contributed by atoms with Gasteiger partial charge in [-0.3, -0.25) is 15.2 Å². The SMILES string of the molecule is N=C(N)N(Cl)c1cncc2cc(S(=O)(=O)N(CC(=O)O)CC3CCCC3)ccc12. The van der Waals surface area contributed by atoms with Gasteiger partial charge in [-0.25, -0.2) is 12.8 Å². The van der Waals surface area contributed by atoms with Crippen LogP contribution in [0.25, 0.3) is 10.8 Å². The van der Waals surface area contributed by atoms with Crippen molar-refractivity contribution >= 4 is 50.2 Å². The second-order valence-electron chi connectivity index (χ2n) is 7.05. The van der Waals surface area contributed by atoms with Crippen molar-refractivity contribution in [2.45, 2.75) is 30.6 Å². The van der Waals surface area contributed by atoms with E-state index in [4.69, 9.17) is 22.9 Å². The van der Waals surface area contributed by atoms with Crippen LogP contribution in [0.4, 0.5) is 5.69 Å². The second-order valence-corrected chi connectivity index (χ2v) is 9.33. The molecule has 1 aliphatic rings. The minimum atomic E-state index is -4.01. The van der Waals surface area contributed by atoms with E-state index in [1.54, 1.807) is 6.07 Å². The van der Waals surface area contributed by atoms with E-state index in [2.05, 4.69) is 4.98 Å². The van der Waals surface area contributed by atoms with Crippen LogP contribution in [0, 0.1) is 11.3 Å². The Morgan fingerprint density at radius 3 is 2.62 bits per heavy atom. The van der Waals surface area contributed by atoms with Crippen molar-refractivity contribution in [1.82, 2.24) is 9.29 Å². The molecule has 0 atom stereocenters. The first-order valence-corrected chi connectivity index (χ1v) is 10.9. The minimum Gasteiger partial charge on any atom is -0.480 e. The van der Waals surface area contributed by atoms with Gasteiger partial charge in [0.25, 0.3) is 0 Å². The highest BCUT2D eigenvalue weighted by molar-refractivity contribution is 7.89. The van der Waals surface area contributed by atoms with E-state index in [-0.39, 0.29) is 17.4 Å². The number of aromatic nitrogens is 1. The topological polar surface area (TPSA) is 141 Å². The standard InChI is InChI=1S/C18H22ClN5O4S/c19-24(18(20)21)16-9-22-8-13-7-14(5-6-15(13)16)29(27,28)23(11-17(25)26)10-12-3-1-2-4-12/h5-9,12H,1-4,10-11H2,(H3,20,21)(H,25,26). The van der Waals surface area contributed by atoms with E-state index in [1.165, 1.54) is 24.5 Å². The Kier molecular flexibility index (Phi) is 6.25. The first-order valence-electron chi connectivity index (χ1n) is 9.10. The van der Waals surface area contributed by atoms with Crippen molar-refractivity contribution in [3.63, 3.8) is 0 Å². The summed E-state index contributed by atoms with van der Waals surface area (Å²) in [7, 11) is -4.01. The van der Waals surface area contributed by atoms with E-state index >= 15 is 0 Å². The number of halogens is 1. The molecule has 156 valence electrons. The maximum Gasteiger partial charge on any atom is 0.318 e. The van der Waals surface area contributed by atoms with Gasteiger partial charge in [-0.1, -0.05) is 18.9 Å². The van der Waals surface area contributed by atoms with Gasteiger partial charge < -0.3 is 10.8 Å². The van der Waals surface area contributed by atoms with Gasteiger partial charge in [0.15, 0.2) is 0 Å². The molecule has 11 heteroatoms. The number of fused-ring (bicyclic) bond motifs is 1. The predicted molar refractivity (Wildman–Crippen MR) is 110 cm³/mol. The fraction of sp³-hybridized carbons (Fsp3) is 0.389. The highest BCUT2D eigenvalue weighted by Gasteiger charge is 2.30. The van der Waals surface area contributed by atoms with Crippen molar-refractivity contribution in [1.29, 1.82) is 5.41 Å². The number of pyridine rings is 1. The Hall–Kier alpha value is -2.43. The van der Waals surface area contributed by atoms with Gasteiger partial charge in [-0.15, -0.1) is 0 Å². The van der Waals surface area contributed by atoms with Crippen LogP contribution >= 0.6 is 11.8 Å². The number of aliphatic carboxylic acids is 1. The Morgan fingerprint density at radius 1 is 1.31 bits per heavy atom. The number of hydrogen-bond donors (Lipinski definition) is 3. The summed E-state index contributed by atoms with van der Waals surface area (Å²) >= 11 is 6.00. The van der Waals surface area contributed by atoms with Crippen LogP contribution in [0.3, 0.4) is 0 Å². The molecular weight excluding hydrogens is 418 g/mol. The molecule has 4 N–H and O–H groups in total. The van der Waals surface area contributed by atoms with Gasteiger partial charge in [-0.2, -0.15) is 4.31 Å². The molecule has 1 aromatic heterocycles. The summed E-state index contributed by atoms with van der Waals surface area (Å²) in [5.74, 6) is -1.43. The van der Waals surface area contributed by atoms with Crippen LogP contribution in [-0.4, -0.2) is 47.8 Å². The smallest absolute Gasteiger partial charge is 0.318 e. The van der Waals surface area contributed by atoms with Crippen LogP contribution in [0.1, 0.15) is 25.7 Å². The Bertz CT molecular complexity index is 1040. The van der Waals surface area contributed by atoms with E-state index in [9.17, 15) is 18.3 Å². The normalized spacial score (nSPS) is 15.1. The monoisotopic (exact) mass is 439 g/mol. The lowest BCUT2D eigenvalue weighted by Gasteiger charge is -2.24.